The summed E-state index contributed by atoms with van der Waals surface area (Å²) >= 11 is 0. The van der Waals surface area contributed by atoms with Crippen LogP contribution in [0.4, 0.5) is 0 Å². The van der Waals surface area contributed by atoms with E-state index in [4.69, 9.17) is 0 Å². The molecule has 1 saturated heterocycles. The summed E-state index contributed by atoms with van der Waals surface area (Å²) in [6.07, 6.45) is 2.42. The summed E-state index contributed by atoms with van der Waals surface area (Å²) in [5.74, 6) is 0. The van der Waals surface area contributed by atoms with Crippen LogP contribution in [0.2, 0.25) is 0 Å². The molecule has 0 radical (unpaired) electrons. The Balaban J connectivity index is 0.000000930. The zero-order valence-corrected chi connectivity index (χ0v) is 26.0. The number of hydrogen-bond donors (Lipinski definition) is 2. The fraction of sp³-hybridized carbons (Fsp3) is 0.375. The monoisotopic (exact) mass is 654 g/mol. The predicted molar refractivity (Wildman–Crippen MR) is 154 cm³/mol. The average molecular weight is 655 g/mol. The molecule has 4 aromatic carbocycles. The molecule has 4 aromatic rings. The maximum atomic E-state index is 3.64. The Bertz CT molecular complexity index is 796. The minimum Gasteiger partial charge on any atom is -0.748 e. The zero-order valence-electron chi connectivity index (χ0n) is 22.8. The topological polar surface area (TPSA) is 30.5 Å². The largest absolute Gasteiger partial charge is 2.00 e. The Morgan fingerprint density at radius 1 is 0.590 bits per heavy atom. The van der Waals surface area contributed by atoms with Gasteiger partial charge in [-0.05, 0) is 45.6 Å². The van der Waals surface area contributed by atoms with E-state index in [0.717, 1.165) is 65.4 Å². The first-order valence-corrected chi connectivity index (χ1v) is 13.5. The van der Waals surface area contributed by atoms with Crippen LogP contribution in [0.15, 0.2) is 109 Å². The van der Waals surface area contributed by atoms with Gasteiger partial charge in [0.2, 0.25) is 0 Å². The van der Waals surface area contributed by atoms with Gasteiger partial charge in [-0.3, -0.25) is 0 Å². The van der Waals surface area contributed by atoms with Crippen molar-refractivity contribution in [3.8, 4) is 0 Å². The molecule has 39 heavy (non-hydrogen) atoms. The summed E-state index contributed by atoms with van der Waals surface area (Å²) in [4.78, 5) is 5.16. The van der Waals surface area contributed by atoms with Crippen LogP contribution >= 0.6 is 0 Å². The third-order valence-corrected chi connectivity index (χ3v) is 6.25. The minimum absolute atomic E-state index is 0. The van der Waals surface area contributed by atoms with Crippen molar-refractivity contribution in [1.29, 1.82) is 0 Å². The smallest absolute Gasteiger partial charge is 0.748 e. The number of nitrogens with zero attached hydrogens (tertiary/aromatic N) is 2. The van der Waals surface area contributed by atoms with E-state index in [1.54, 1.807) is 0 Å². The normalized spacial score (nSPS) is 15.4. The van der Waals surface area contributed by atoms with Gasteiger partial charge in [0.25, 0.3) is 0 Å². The van der Waals surface area contributed by atoms with Crippen molar-refractivity contribution in [2.45, 2.75) is 25.9 Å². The van der Waals surface area contributed by atoms with Crippen LogP contribution in [-0.4, -0.2) is 62.2 Å². The molecule has 0 unspecified atom stereocenters. The molecule has 0 bridgehead atoms. The molecule has 0 atom stereocenters. The molecule has 0 aromatic heterocycles. The van der Waals surface area contributed by atoms with Crippen LogP contribution < -0.4 is 10.6 Å². The van der Waals surface area contributed by atoms with E-state index >= 15 is 0 Å². The summed E-state index contributed by atoms with van der Waals surface area (Å²) in [7, 11) is 0. The van der Waals surface area contributed by atoms with E-state index in [0.29, 0.717) is 0 Å². The van der Waals surface area contributed by atoms with Crippen molar-refractivity contribution in [1.82, 2.24) is 20.4 Å². The predicted octanol–water partition coefficient (Wildman–Crippen LogP) is 5.21. The van der Waals surface area contributed by atoms with Crippen LogP contribution in [0.3, 0.4) is 0 Å². The van der Waals surface area contributed by atoms with Gasteiger partial charge in [0, 0.05) is 60.3 Å². The third kappa shape index (κ3) is 18.7. The molecule has 5 rings (SSSR count). The van der Waals surface area contributed by atoms with E-state index in [-0.39, 0.29) is 50.6 Å². The molecular formula is C32H44Fe2N4Ni-6. The molecule has 2 N–H and O–H groups in total. The van der Waals surface area contributed by atoms with Crippen molar-refractivity contribution >= 4 is 0 Å². The van der Waals surface area contributed by atoms with Crippen LogP contribution in [0, 0.1) is 0 Å². The van der Waals surface area contributed by atoms with E-state index in [9.17, 15) is 0 Å². The Morgan fingerprint density at radius 3 is 1.49 bits per heavy atom. The van der Waals surface area contributed by atoms with E-state index in [1.165, 1.54) is 24.0 Å². The molecule has 0 amide bonds. The summed E-state index contributed by atoms with van der Waals surface area (Å²) < 4.78 is 0. The Morgan fingerprint density at radius 2 is 1.05 bits per heavy atom. The standard InChI is InChI=1S/C22H34N4.2C5H5.2Fe.Ni/c1-2-8-21(7-1)19-25-15-5-11-24-14-18-26(16-6-12-23-13-17-25)20-22-9-3-4-10-22;2*1-2-4-5-3-1;;;/h1-4,7-10,23-24H,5-6,11-20H2;2*1-5H;;;/q-6;2*-1;;;+2. The molecule has 1 aliphatic heterocycles. The second-order valence-electron chi connectivity index (χ2n) is 9.27. The van der Waals surface area contributed by atoms with Gasteiger partial charge in [0.05, 0.1) is 0 Å². The molecular weight excluding hydrogens is 611 g/mol. The average Bonchev–Trinajstić information content (AvgIpc) is 3.73. The molecule has 0 aliphatic carbocycles. The van der Waals surface area contributed by atoms with Gasteiger partial charge in [0.1, 0.15) is 0 Å². The van der Waals surface area contributed by atoms with Gasteiger partial charge in [-0.1, -0.05) is 0 Å². The quantitative estimate of drug-likeness (QED) is 0.234. The Labute approximate surface area is 268 Å². The van der Waals surface area contributed by atoms with Gasteiger partial charge in [-0.2, -0.15) is 55.1 Å². The third-order valence-electron chi connectivity index (χ3n) is 6.25. The molecule has 224 valence electrons. The van der Waals surface area contributed by atoms with Crippen LogP contribution in [0.25, 0.3) is 0 Å². The summed E-state index contributed by atoms with van der Waals surface area (Å²) in [5, 5.41) is 7.29. The fourth-order valence-corrected chi connectivity index (χ4v) is 4.32. The molecule has 4 nitrogen and oxygen atoms in total. The van der Waals surface area contributed by atoms with Crippen molar-refractivity contribution in [3.63, 3.8) is 0 Å². The Kier molecular flexibility index (Phi) is 24.9. The van der Waals surface area contributed by atoms with E-state index in [2.05, 4.69) is 69.0 Å². The first-order valence-electron chi connectivity index (χ1n) is 13.5. The zero-order chi connectivity index (χ0) is 24.9. The molecule has 7 heteroatoms. The van der Waals surface area contributed by atoms with Gasteiger partial charge in [0.15, 0.2) is 0 Å². The Hall–Kier alpha value is -1.23. The van der Waals surface area contributed by atoms with Crippen LogP contribution in [0.5, 0.6) is 0 Å². The number of nitrogens with one attached hydrogen (secondary N) is 2. The molecule has 0 saturated carbocycles. The van der Waals surface area contributed by atoms with Gasteiger partial charge in [-0.25, -0.2) is 36.4 Å². The molecule has 1 fully saturated rings. The van der Waals surface area contributed by atoms with Gasteiger partial charge < -0.3 is 50.3 Å². The van der Waals surface area contributed by atoms with Crippen molar-refractivity contribution in [2.24, 2.45) is 0 Å². The van der Waals surface area contributed by atoms with Crippen molar-refractivity contribution in [3.05, 3.63) is 120 Å². The summed E-state index contributed by atoms with van der Waals surface area (Å²) in [5.41, 5.74) is 2.87. The van der Waals surface area contributed by atoms with Crippen molar-refractivity contribution < 1.29 is 50.6 Å². The van der Waals surface area contributed by atoms with Crippen LogP contribution in [0.1, 0.15) is 24.0 Å². The molecule has 1 heterocycles. The van der Waals surface area contributed by atoms with Gasteiger partial charge in [-0.15, -0.1) is 5.56 Å². The number of rotatable bonds is 4. The maximum Gasteiger partial charge on any atom is 2.00 e. The maximum absolute atomic E-state index is 3.64. The van der Waals surface area contributed by atoms with E-state index in [1.807, 2.05) is 60.7 Å². The van der Waals surface area contributed by atoms with Crippen LogP contribution in [-0.2, 0) is 63.7 Å². The summed E-state index contributed by atoms with van der Waals surface area (Å²) in [6, 6.07) is 37.5. The summed E-state index contributed by atoms with van der Waals surface area (Å²) in [6.45, 7) is 11.1. The first-order chi connectivity index (χ1) is 17.9. The molecule has 1 aliphatic rings. The fourth-order valence-electron chi connectivity index (χ4n) is 4.32. The number of hydrogen-bond acceptors (Lipinski definition) is 4. The van der Waals surface area contributed by atoms with E-state index < -0.39 is 0 Å². The first kappa shape index (κ1) is 37.8. The minimum atomic E-state index is 0. The second-order valence-corrected chi connectivity index (χ2v) is 9.27. The second kappa shape index (κ2) is 25.7. The SMILES string of the molecule is [Fe].[Fe].[Ni+2].c1cc[c-](CN2CCCNCCN(C[c-]3[cH-][cH-][cH-][cH-]3)CCCNCC2)c1.c1cc[cH-]c1.c1cc[cH-]c1. The van der Waals surface area contributed by atoms with Gasteiger partial charge >= 0.3 is 16.5 Å². The molecule has 0 spiro atoms. The van der Waals surface area contributed by atoms with Crippen molar-refractivity contribution in [2.75, 3.05) is 52.4 Å².